The summed E-state index contributed by atoms with van der Waals surface area (Å²) in [5, 5.41) is 21.1. The van der Waals surface area contributed by atoms with E-state index < -0.39 is 6.10 Å². The maximum absolute atomic E-state index is 15.8. The number of halogens is 1. The van der Waals surface area contributed by atoms with Gasteiger partial charge in [-0.2, -0.15) is 0 Å². The number of fused-ring (bicyclic) bond motifs is 5. The molecule has 0 heterocycles. The van der Waals surface area contributed by atoms with Crippen molar-refractivity contribution in [3.05, 3.63) is 41.2 Å². The van der Waals surface area contributed by atoms with Crippen LogP contribution in [0.3, 0.4) is 0 Å². The van der Waals surface area contributed by atoms with Crippen LogP contribution < -0.4 is 4.74 Å². The molecule has 2 N–H and O–H groups in total. The van der Waals surface area contributed by atoms with Crippen LogP contribution in [-0.2, 0) is 0 Å². The van der Waals surface area contributed by atoms with Crippen molar-refractivity contribution in [3.8, 4) is 5.75 Å². The fourth-order valence-electron chi connectivity index (χ4n) is 9.42. The Bertz CT molecular complexity index is 974. The number of aliphatic hydroxyl groups excluding tert-OH is 2. The highest BCUT2D eigenvalue weighted by atomic mass is 19.1. The molecule has 0 spiro atoms. The van der Waals surface area contributed by atoms with Gasteiger partial charge in [-0.15, -0.1) is 0 Å². The Kier molecular flexibility index (Phi) is 7.33. The highest BCUT2D eigenvalue weighted by Crippen LogP contribution is 2.68. The Labute approximate surface area is 217 Å². The van der Waals surface area contributed by atoms with E-state index in [1.54, 1.807) is 7.11 Å². The zero-order valence-electron chi connectivity index (χ0n) is 22.8. The van der Waals surface area contributed by atoms with E-state index in [0.29, 0.717) is 36.0 Å². The summed E-state index contributed by atoms with van der Waals surface area (Å²) in [4.78, 5) is 0. The van der Waals surface area contributed by atoms with Crippen LogP contribution in [0.15, 0.2) is 35.7 Å². The first kappa shape index (κ1) is 26.2. The van der Waals surface area contributed by atoms with Gasteiger partial charge in [-0.1, -0.05) is 51.8 Å². The van der Waals surface area contributed by atoms with Crippen molar-refractivity contribution in [2.75, 3.05) is 7.11 Å². The Hall–Kier alpha value is -1.39. The summed E-state index contributed by atoms with van der Waals surface area (Å²) < 4.78 is 21.2. The lowest BCUT2D eigenvalue weighted by Crippen LogP contribution is -2.50. The molecule has 3 fully saturated rings. The van der Waals surface area contributed by atoms with Gasteiger partial charge < -0.3 is 14.9 Å². The van der Waals surface area contributed by atoms with Gasteiger partial charge in [0, 0.05) is 12.0 Å². The standard InChI is InChI=1S/C32H47FO3/c1-20(8-7-10-28(35)23-9-5-6-11-29(23)36-4)24-12-13-25-30-26(15-17-32(24,25)3)31(2)16-14-22(34)18-21(31)19-27(30)33/h5-6,9,11,20-22,24-26,28,34-35H,7-8,10,12-19H2,1-4H3/t20-,21?,22+,24-,25+,26+,28?,31+,32-/m1/s1. The molecular formula is C32H47FO3. The van der Waals surface area contributed by atoms with Crippen LogP contribution in [0.25, 0.3) is 0 Å². The third-order valence-corrected chi connectivity index (χ3v) is 11.5. The predicted molar refractivity (Wildman–Crippen MR) is 142 cm³/mol. The number of para-hydroxylation sites is 1. The topological polar surface area (TPSA) is 49.7 Å². The Morgan fingerprint density at radius 1 is 1.03 bits per heavy atom. The third kappa shape index (κ3) is 4.34. The van der Waals surface area contributed by atoms with E-state index in [-0.39, 0.29) is 22.8 Å². The fraction of sp³-hybridized carbons (Fsp3) is 0.750. The van der Waals surface area contributed by atoms with Crippen LogP contribution in [0.5, 0.6) is 5.75 Å². The van der Waals surface area contributed by atoms with E-state index in [9.17, 15) is 10.2 Å². The minimum atomic E-state index is -0.500. The number of ether oxygens (including phenoxy) is 1. The molecule has 9 atom stereocenters. The van der Waals surface area contributed by atoms with E-state index >= 15 is 4.39 Å². The quantitative estimate of drug-likeness (QED) is 0.404. The molecule has 4 aliphatic rings. The van der Waals surface area contributed by atoms with E-state index in [1.807, 2.05) is 24.3 Å². The summed E-state index contributed by atoms with van der Waals surface area (Å²) in [6, 6.07) is 7.76. The molecular weight excluding hydrogens is 451 g/mol. The number of aliphatic hydroxyl groups is 2. The minimum absolute atomic E-state index is 0.157. The predicted octanol–water partition coefficient (Wildman–Crippen LogP) is 7.77. The molecule has 0 saturated heterocycles. The molecule has 0 aliphatic heterocycles. The molecule has 2 unspecified atom stereocenters. The number of hydrogen-bond acceptors (Lipinski definition) is 3. The zero-order chi connectivity index (χ0) is 25.7. The normalized spacial score (nSPS) is 39.7. The van der Waals surface area contributed by atoms with Gasteiger partial charge in [-0.05, 0) is 103 Å². The summed E-state index contributed by atoms with van der Waals surface area (Å²) in [6.45, 7) is 7.27. The molecule has 1 aromatic carbocycles. The van der Waals surface area contributed by atoms with Gasteiger partial charge in [0.1, 0.15) is 11.6 Å². The van der Waals surface area contributed by atoms with Crippen LogP contribution in [0.4, 0.5) is 4.39 Å². The van der Waals surface area contributed by atoms with E-state index in [1.165, 1.54) is 18.4 Å². The SMILES string of the molecule is COc1ccccc1C(O)CCC[C@@H](C)[C@H]1CC[C@H]2C3=C(F)CC4C[C@@H](O)CC[C@]4(C)[C@H]3CC[C@]12C. The summed E-state index contributed by atoms with van der Waals surface area (Å²) in [5.41, 5.74) is 2.41. The van der Waals surface area contributed by atoms with Gasteiger partial charge in [0.25, 0.3) is 0 Å². The number of hydrogen-bond donors (Lipinski definition) is 2. The molecule has 200 valence electrons. The molecule has 3 saturated carbocycles. The molecule has 0 bridgehead atoms. The van der Waals surface area contributed by atoms with Crippen molar-refractivity contribution in [3.63, 3.8) is 0 Å². The van der Waals surface area contributed by atoms with Crippen LogP contribution in [0, 0.1) is 40.4 Å². The first-order valence-corrected chi connectivity index (χ1v) is 14.6. The third-order valence-electron chi connectivity index (χ3n) is 11.5. The Balaban J connectivity index is 1.26. The maximum Gasteiger partial charge on any atom is 0.124 e. The van der Waals surface area contributed by atoms with Gasteiger partial charge in [-0.3, -0.25) is 0 Å². The van der Waals surface area contributed by atoms with E-state index in [4.69, 9.17) is 4.74 Å². The Morgan fingerprint density at radius 3 is 2.53 bits per heavy atom. The first-order valence-electron chi connectivity index (χ1n) is 14.6. The molecule has 36 heavy (non-hydrogen) atoms. The molecule has 0 radical (unpaired) electrons. The van der Waals surface area contributed by atoms with E-state index in [2.05, 4.69) is 20.8 Å². The molecule has 3 nitrogen and oxygen atoms in total. The number of rotatable bonds is 7. The molecule has 0 amide bonds. The van der Waals surface area contributed by atoms with Crippen LogP contribution in [-0.4, -0.2) is 23.4 Å². The molecule has 4 aliphatic carbocycles. The highest BCUT2D eigenvalue weighted by molar-refractivity contribution is 5.35. The second-order valence-corrected chi connectivity index (χ2v) is 13.2. The molecule has 4 heteroatoms. The minimum Gasteiger partial charge on any atom is -0.496 e. The highest BCUT2D eigenvalue weighted by Gasteiger charge is 2.59. The van der Waals surface area contributed by atoms with Gasteiger partial charge in [0.2, 0.25) is 0 Å². The van der Waals surface area contributed by atoms with Crippen molar-refractivity contribution < 1.29 is 19.3 Å². The lowest BCUT2D eigenvalue weighted by Gasteiger charge is -2.58. The van der Waals surface area contributed by atoms with E-state index in [0.717, 1.165) is 62.7 Å². The van der Waals surface area contributed by atoms with Crippen molar-refractivity contribution in [2.24, 2.45) is 40.4 Å². The van der Waals surface area contributed by atoms with Crippen LogP contribution in [0.2, 0.25) is 0 Å². The number of methoxy groups -OCH3 is 1. The summed E-state index contributed by atoms with van der Waals surface area (Å²) >= 11 is 0. The lowest BCUT2D eigenvalue weighted by atomic mass is 9.47. The first-order chi connectivity index (χ1) is 17.2. The smallest absolute Gasteiger partial charge is 0.124 e. The van der Waals surface area contributed by atoms with Crippen molar-refractivity contribution in [2.45, 2.75) is 104 Å². The number of allylic oxidation sites excluding steroid dienone is 2. The van der Waals surface area contributed by atoms with Gasteiger partial charge in [0.05, 0.1) is 19.3 Å². The van der Waals surface area contributed by atoms with Crippen molar-refractivity contribution >= 4 is 0 Å². The maximum atomic E-state index is 15.8. The van der Waals surface area contributed by atoms with Gasteiger partial charge in [0.15, 0.2) is 0 Å². The average molecular weight is 499 g/mol. The number of benzene rings is 1. The molecule has 1 aromatic rings. The second kappa shape index (κ2) is 10.1. The zero-order valence-corrected chi connectivity index (χ0v) is 22.8. The van der Waals surface area contributed by atoms with Gasteiger partial charge in [-0.25, -0.2) is 4.39 Å². The Morgan fingerprint density at radius 2 is 1.75 bits per heavy atom. The van der Waals surface area contributed by atoms with Crippen LogP contribution >= 0.6 is 0 Å². The average Bonchev–Trinajstić information content (AvgIpc) is 3.22. The summed E-state index contributed by atoms with van der Waals surface area (Å²) in [6.07, 6.45) is 9.94. The van der Waals surface area contributed by atoms with Crippen molar-refractivity contribution in [1.29, 1.82) is 0 Å². The van der Waals surface area contributed by atoms with Crippen LogP contribution in [0.1, 0.15) is 103 Å². The largest absolute Gasteiger partial charge is 0.496 e. The monoisotopic (exact) mass is 498 g/mol. The molecule has 5 rings (SSSR count). The van der Waals surface area contributed by atoms with Crippen molar-refractivity contribution in [1.82, 2.24) is 0 Å². The van der Waals surface area contributed by atoms with Gasteiger partial charge >= 0.3 is 0 Å². The molecule has 0 aromatic heterocycles. The summed E-state index contributed by atoms with van der Waals surface area (Å²) in [7, 11) is 1.66. The lowest BCUT2D eigenvalue weighted by molar-refractivity contribution is -0.0496. The second-order valence-electron chi connectivity index (χ2n) is 13.2. The summed E-state index contributed by atoms with van der Waals surface area (Å²) in [5.74, 6) is 3.17. The fourth-order valence-corrected chi connectivity index (χ4v) is 9.42.